The molecule has 1 aromatic carbocycles. The number of hydrogen-bond acceptors (Lipinski definition) is 2. The minimum absolute atomic E-state index is 0.429. The predicted octanol–water partition coefficient (Wildman–Crippen LogP) is 3.98. The predicted molar refractivity (Wildman–Crippen MR) is 83.8 cm³/mol. The summed E-state index contributed by atoms with van der Waals surface area (Å²) in [5, 5.41) is 3.28. The maximum Gasteiger partial charge on any atom is 0.0366 e. The SMILES string of the molecule is CCC1(C)CCN(c2ccc(C(C)NC)cc2)CC1. The molecule has 1 atom stereocenters. The van der Waals surface area contributed by atoms with Crippen LogP contribution in [0.3, 0.4) is 0 Å². The molecule has 1 N–H and O–H groups in total. The standard InChI is InChI=1S/C17H28N2/c1-5-17(3)10-12-19(13-11-17)16-8-6-15(7-9-16)14(2)18-4/h6-9,14,18H,5,10-13H2,1-4H3. The van der Waals surface area contributed by atoms with Crippen molar-refractivity contribution >= 4 is 5.69 Å². The van der Waals surface area contributed by atoms with Gasteiger partial charge in [0.25, 0.3) is 0 Å². The van der Waals surface area contributed by atoms with Gasteiger partial charge in [0.15, 0.2) is 0 Å². The van der Waals surface area contributed by atoms with Gasteiger partial charge in [-0.05, 0) is 49.9 Å². The second-order valence-electron chi connectivity index (χ2n) is 6.25. The van der Waals surface area contributed by atoms with Crippen molar-refractivity contribution < 1.29 is 0 Å². The van der Waals surface area contributed by atoms with Gasteiger partial charge >= 0.3 is 0 Å². The highest BCUT2D eigenvalue weighted by molar-refractivity contribution is 5.48. The third-order valence-corrected chi connectivity index (χ3v) is 5.02. The Morgan fingerprint density at radius 3 is 2.26 bits per heavy atom. The molecule has 0 spiro atoms. The Labute approximate surface area is 118 Å². The molecule has 2 rings (SSSR count). The number of piperidine rings is 1. The van der Waals surface area contributed by atoms with Crippen LogP contribution in [-0.2, 0) is 0 Å². The van der Waals surface area contributed by atoms with Crippen molar-refractivity contribution in [1.29, 1.82) is 0 Å². The van der Waals surface area contributed by atoms with Crippen molar-refractivity contribution in [2.45, 2.75) is 46.1 Å². The molecule has 0 radical (unpaired) electrons. The highest BCUT2D eigenvalue weighted by atomic mass is 15.1. The maximum atomic E-state index is 3.28. The van der Waals surface area contributed by atoms with Gasteiger partial charge in [-0.3, -0.25) is 0 Å². The first-order valence-electron chi connectivity index (χ1n) is 7.60. The average molecular weight is 260 g/mol. The molecule has 1 aromatic rings. The molecule has 1 aliphatic heterocycles. The Kier molecular flexibility index (Phi) is 4.51. The van der Waals surface area contributed by atoms with E-state index in [0.29, 0.717) is 11.5 Å². The molecular formula is C17H28N2. The average Bonchev–Trinajstić information content (AvgIpc) is 2.47. The zero-order valence-corrected chi connectivity index (χ0v) is 12.9. The lowest BCUT2D eigenvalue weighted by Gasteiger charge is -2.40. The van der Waals surface area contributed by atoms with Crippen LogP contribution in [0.2, 0.25) is 0 Å². The summed E-state index contributed by atoms with van der Waals surface area (Å²) in [5.74, 6) is 0. The molecular weight excluding hydrogens is 232 g/mol. The number of rotatable bonds is 4. The first kappa shape index (κ1) is 14.4. The number of anilines is 1. The fourth-order valence-corrected chi connectivity index (χ4v) is 2.80. The summed E-state index contributed by atoms with van der Waals surface area (Å²) in [4.78, 5) is 2.53. The second-order valence-corrected chi connectivity index (χ2v) is 6.25. The molecule has 0 amide bonds. The van der Waals surface area contributed by atoms with Gasteiger partial charge in [-0.2, -0.15) is 0 Å². The van der Waals surface area contributed by atoms with Gasteiger partial charge in [-0.15, -0.1) is 0 Å². The van der Waals surface area contributed by atoms with Gasteiger partial charge in [0.1, 0.15) is 0 Å². The van der Waals surface area contributed by atoms with E-state index in [4.69, 9.17) is 0 Å². The summed E-state index contributed by atoms with van der Waals surface area (Å²) in [5.41, 5.74) is 3.31. The second kappa shape index (κ2) is 5.96. The summed E-state index contributed by atoms with van der Waals surface area (Å²) in [6.07, 6.45) is 3.94. The van der Waals surface area contributed by atoms with E-state index < -0.39 is 0 Å². The Morgan fingerprint density at radius 2 is 1.79 bits per heavy atom. The Balaban J connectivity index is 2.00. The van der Waals surface area contributed by atoms with Gasteiger partial charge in [-0.1, -0.05) is 32.4 Å². The third-order valence-electron chi connectivity index (χ3n) is 5.02. The van der Waals surface area contributed by atoms with Crippen molar-refractivity contribution in [3.63, 3.8) is 0 Å². The van der Waals surface area contributed by atoms with Crippen molar-refractivity contribution in [3.8, 4) is 0 Å². The number of hydrogen-bond donors (Lipinski definition) is 1. The minimum Gasteiger partial charge on any atom is -0.371 e. The number of benzene rings is 1. The molecule has 1 aliphatic rings. The van der Waals surface area contributed by atoms with Gasteiger partial charge in [-0.25, -0.2) is 0 Å². The topological polar surface area (TPSA) is 15.3 Å². The quantitative estimate of drug-likeness (QED) is 0.881. The van der Waals surface area contributed by atoms with Crippen LogP contribution < -0.4 is 10.2 Å². The van der Waals surface area contributed by atoms with Crippen molar-refractivity contribution in [3.05, 3.63) is 29.8 Å². The molecule has 1 unspecified atom stereocenters. The molecule has 1 fully saturated rings. The van der Waals surface area contributed by atoms with Crippen LogP contribution in [0.5, 0.6) is 0 Å². The van der Waals surface area contributed by atoms with Gasteiger partial charge in [0.2, 0.25) is 0 Å². The first-order valence-corrected chi connectivity index (χ1v) is 7.60. The molecule has 1 heterocycles. The molecule has 1 saturated heterocycles. The first-order chi connectivity index (χ1) is 9.08. The van der Waals surface area contributed by atoms with Gasteiger partial charge in [0.05, 0.1) is 0 Å². The molecule has 19 heavy (non-hydrogen) atoms. The van der Waals surface area contributed by atoms with E-state index in [0.717, 1.165) is 0 Å². The number of nitrogens with one attached hydrogen (secondary N) is 1. The van der Waals surface area contributed by atoms with E-state index in [-0.39, 0.29) is 0 Å². The van der Waals surface area contributed by atoms with Crippen molar-refractivity contribution in [2.75, 3.05) is 25.0 Å². The summed E-state index contributed by atoms with van der Waals surface area (Å²) in [6, 6.07) is 9.49. The van der Waals surface area contributed by atoms with Crippen LogP contribution in [0, 0.1) is 5.41 Å². The monoisotopic (exact) mass is 260 g/mol. The lowest BCUT2D eigenvalue weighted by molar-refractivity contribution is 0.238. The molecule has 0 bridgehead atoms. The summed E-state index contributed by atoms with van der Waals surface area (Å²) < 4.78 is 0. The lowest BCUT2D eigenvalue weighted by Crippen LogP contribution is -2.38. The zero-order chi connectivity index (χ0) is 13.9. The van der Waals surface area contributed by atoms with E-state index in [1.165, 1.54) is 43.6 Å². The van der Waals surface area contributed by atoms with Crippen LogP contribution in [0.15, 0.2) is 24.3 Å². The summed E-state index contributed by atoms with van der Waals surface area (Å²) >= 11 is 0. The van der Waals surface area contributed by atoms with Crippen LogP contribution in [0.25, 0.3) is 0 Å². The van der Waals surface area contributed by atoms with Gasteiger partial charge < -0.3 is 10.2 Å². The molecule has 2 heteroatoms. The Hall–Kier alpha value is -1.02. The van der Waals surface area contributed by atoms with Crippen LogP contribution in [-0.4, -0.2) is 20.1 Å². The normalized spacial score (nSPS) is 20.3. The minimum atomic E-state index is 0.429. The van der Waals surface area contributed by atoms with E-state index in [2.05, 4.69) is 55.3 Å². The van der Waals surface area contributed by atoms with Gasteiger partial charge in [0, 0.05) is 24.8 Å². The highest BCUT2D eigenvalue weighted by Gasteiger charge is 2.28. The van der Waals surface area contributed by atoms with Crippen LogP contribution in [0.4, 0.5) is 5.69 Å². The summed E-state index contributed by atoms with van der Waals surface area (Å²) in [7, 11) is 2.01. The lowest BCUT2D eigenvalue weighted by atomic mass is 9.78. The van der Waals surface area contributed by atoms with E-state index in [1.807, 2.05) is 7.05 Å². The Morgan fingerprint density at radius 1 is 1.21 bits per heavy atom. The smallest absolute Gasteiger partial charge is 0.0366 e. The van der Waals surface area contributed by atoms with Crippen molar-refractivity contribution in [2.24, 2.45) is 5.41 Å². The van der Waals surface area contributed by atoms with Crippen LogP contribution >= 0.6 is 0 Å². The largest absolute Gasteiger partial charge is 0.371 e. The van der Waals surface area contributed by atoms with Crippen LogP contribution in [0.1, 0.15) is 51.6 Å². The molecule has 0 saturated carbocycles. The van der Waals surface area contributed by atoms with E-state index in [1.54, 1.807) is 0 Å². The number of nitrogens with zero attached hydrogens (tertiary/aromatic N) is 1. The molecule has 0 aliphatic carbocycles. The fraction of sp³-hybridized carbons (Fsp3) is 0.647. The fourth-order valence-electron chi connectivity index (χ4n) is 2.80. The highest BCUT2D eigenvalue weighted by Crippen LogP contribution is 2.35. The molecule has 2 nitrogen and oxygen atoms in total. The summed E-state index contributed by atoms with van der Waals surface area (Å²) in [6.45, 7) is 9.35. The van der Waals surface area contributed by atoms with E-state index in [9.17, 15) is 0 Å². The maximum absolute atomic E-state index is 3.28. The third kappa shape index (κ3) is 3.30. The zero-order valence-electron chi connectivity index (χ0n) is 12.9. The Bertz CT molecular complexity index is 388. The molecule has 106 valence electrons. The van der Waals surface area contributed by atoms with Crippen molar-refractivity contribution in [1.82, 2.24) is 5.32 Å². The molecule has 0 aromatic heterocycles. The van der Waals surface area contributed by atoms with E-state index >= 15 is 0 Å².